The zero-order valence-corrected chi connectivity index (χ0v) is 12.2. The number of carbonyl (C=O) groups is 1. The van der Waals surface area contributed by atoms with Crippen LogP contribution in [0.4, 0.5) is 0 Å². The van der Waals surface area contributed by atoms with Crippen molar-refractivity contribution in [3.8, 4) is 5.75 Å². The molecule has 2 aromatic rings. The zero-order chi connectivity index (χ0) is 14.7. The van der Waals surface area contributed by atoms with Crippen LogP contribution in [0.15, 0.2) is 42.5 Å². The smallest absolute Gasteiger partial charge is 0.153 e. The van der Waals surface area contributed by atoms with Crippen LogP contribution in [0.1, 0.15) is 27.0 Å². The third kappa shape index (κ3) is 2.98. The number of benzene rings is 2. The van der Waals surface area contributed by atoms with E-state index in [1.807, 2.05) is 18.2 Å². The minimum atomic E-state index is 0.637. The zero-order valence-electron chi connectivity index (χ0n) is 12.2. The summed E-state index contributed by atoms with van der Waals surface area (Å²) < 4.78 is 5.28. The molecule has 108 valence electrons. The second-order valence-corrected chi connectivity index (χ2v) is 5.43. The number of nitrogens with zero attached hydrogens (tertiary/aromatic N) is 1. The Kier molecular flexibility index (Phi) is 4.02. The predicted octanol–water partition coefficient (Wildman–Crippen LogP) is 3.07. The average molecular weight is 281 g/mol. The van der Waals surface area contributed by atoms with Crippen molar-refractivity contribution < 1.29 is 9.53 Å². The highest BCUT2D eigenvalue weighted by molar-refractivity contribution is 5.80. The summed E-state index contributed by atoms with van der Waals surface area (Å²) >= 11 is 0. The summed E-state index contributed by atoms with van der Waals surface area (Å²) in [4.78, 5) is 13.6. The Hall–Kier alpha value is -2.13. The molecule has 0 atom stereocenters. The molecule has 0 N–H and O–H groups in total. The van der Waals surface area contributed by atoms with E-state index in [2.05, 4.69) is 29.2 Å². The van der Waals surface area contributed by atoms with Crippen molar-refractivity contribution in [1.29, 1.82) is 0 Å². The first-order chi connectivity index (χ1) is 10.3. The van der Waals surface area contributed by atoms with Crippen molar-refractivity contribution in [2.75, 3.05) is 13.7 Å². The van der Waals surface area contributed by atoms with Crippen LogP contribution >= 0.6 is 0 Å². The maximum Gasteiger partial charge on any atom is 0.153 e. The monoisotopic (exact) mass is 281 g/mol. The molecule has 0 spiro atoms. The Morgan fingerprint density at radius 3 is 2.71 bits per heavy atom. The van der Waals surface area contributed by atoms with Gasteiger partial charge in [-0.05, 0) is 35.2 Å². The van der Waals surface area contributed by atoms with Gasteiger partial charge in [-0.1, -0.05) is 30.3 Å². The van der Waals surface area contributed by atoms with Gasteiger partial charge in [-0.25, -0.2) is 0 Å². The molecular weight excluding hydrogens is 262 g/mol. The molecule has 0 bridgehead atoms. The minimum absolute atomic E-state index is 0.637. The highest BCUT2D eigenvalue weighted by Gasteiger charge is 2.18. The van der Waals surface area contributed by atoms with E-state index < -0.39 is 0 Å². The lowest BCUT2D eigenvalue weighted by molar-refractivity contribution is 0.112. The lowest BCUT2D eigenvalue weighted by Gasteiger charge is -2.29. The van der Waals surface area contributed by atoms with Crippen molar-refractivity contribution >= 4 is 6.29 Å². The van der Waals surface area contributed by atoms with Gasteiger partial charge in [0.15, 0.2) is 6.29 Å². The molecule has 0 radical (unpaired) electrons. The lowest BCUT2D eigenvalue weighted by Crippen LogP contribution is -2.30. The van der Waals surface area contributed by atoms with Gasteiger partial charge in [-0.2, -0.15) is 0 Å². The lowest BCUT2D eigenvalue weighted by atomic mass is 9.96. The van der Waals surface area contributed by atoms with Crippen molar-refractivity contribution in [2.45, 2.75) is 19.5 Å². The van der Waals surface area contributed by atoms with Gasteiger partial charge in [-0.3, -0.25) is 9.69 Å². The molecule has 2 aromatic carbocycles. The number of fused-ring (bicyclic) bond motifs is 1. The van der Waals surface area contributed by atoms with Crippen LogP contribution in [-0.4, -0.2) is 24.8 Å². The number of carbonyl (C=O) groups excluding carboxylic acids is 1. The highest BCUT2D eigenvalue weighted by atomic mass is 16.5. The molecule has 3 nitrogen and oxygen atoms in total. The topological polar surface area (TPSA) is 29.5 Å². The van der Waals surface area contributed by atoms with Gasteiger partial charge in [0.2, 0.25) is 0 Å². The number of methoxy groups -OCH3 is 1. The fourth-order valence-electron chi connectivity index (χ4n) is 2.91. The number of ether oxygens (including phenoxy) is 1. The van der Waals surface area contributed by atoms with Gasteiger partial charge in [-0.15, -0.1) is 0 Å². The standard InChI is InChI=1S/C18H19NO2/c1-21-18-10-15-7-8-19(11-14-5-3-2-4-6-14)12-16(15)9-17(18)13-20/h2-6,9-10,13H,7-8,11-12H2,1H3. The van der Waals surface area contributed by atoms with E-state index >= 15 is 0 Å². The van der Waals surface area contributed by atoms with Gasteiger partial charge < -0.3 is 4.74 Å². The average Bonchev–Trinajstić information content (AvgIpc) is 2.54. The molecule has 0 aromatic heterocycles. The number of rotatable bonds is 4. The molecular formula is C18H19NO2. The molecule has 1 heterocycles. The van der Waals surface area contributed by atoms with Crippen molar-refractivity contribution in [3.63, 3.8) is 0 Å². The summed E-state index contributed by atoms with van der Waals surface area (Å²) in [6.45, 7) is 2.86. The molecule has 0 unspecified atom stereocenters. The summed E-state index contributed by atoms with van der Waals surface area (Å²) in [5.41, 5.74) is 4.49. The molecule has 0 saturated heterocycles. The van der Waals surface area contributed by atoms with E-state index in [9.17, 15) is 4.79 Å². The van der Waals surface area contributed by atoms with Crippen LogP contribution in [0.25, 0.3) is 0 Å². The van der Waals surface area contributed by atoms with Crippen LogP contribution in [0.5, 0.6) is 5.75 Å². The Labute approximate surface area is 125 Å². The van der Waals surface area contributed by atoms with E-state index in [0.717, 1.165) is 32.3 Å². The third-order valence-electron chi connectivity index (χ3n) is 4.02. The first-order valence-electron chi connectivity index (χ1n) is 7.21. The quantitative estimate of drug-likeness (QED) is 0.807. The maximum atomic E-state index is 11.2. The molecule has 21 heavy (non-hydrogen) atoms. The summed E-state index contributed by atoms with van der Waals surface area (Å²) in [6.07, 6.45) is 1.87. The Balaban J connectivity index is 1.80. The largest absolute Gasteiger partial charge is 0.496 e. The van der Waals surface area contributed by atoms with E-state index in [4.69, 9.17) is 4.74 Å². The molecule has 0 saturated carbocycles. The van der Waals surface area contributed by atoms with Crippen LogP contribution in [0.2, 0.25) is 0 Å². The summed E-state index contributed by atoms with van der Waals surface area (Å²) in [5, 5.41) is 0. The van der Waals surface area contributed by atoms with Crippen LogP contribution < -0.4 is 4.74 Å². The molecule has 1 aliphatic rings. The van der Waals surface area contributed by atoms with Gasteiger partial charge >= 0.3 is 0 Å². The second-order valence-electron chi connectivity index (χ2n) is 5.43. The van der Waals surface area contributed by atoms with Gasteiger partial charge in [0.1, 0.15) is 5.75 Å². The second kappa shape index (κ2) is 6.10. The molecule has 3 heteroatoms. The van der Waals surface area contributed by atoms with E-state index in [-0.39, 0.29) is 0 Å². The molecule has 0 fully saturated rings. The predicted molar refractivity (Wildman–Crippen MR) is 82.6 cm³/mol. The van der Waals surface area contributed by atoms with E-state index in [0.29, 0.717) is 11.3 Å². The normalized spacial score (nSPS) is 14.5. The fourth-order valence-corrected chi connectivity index (χ4v) is 2.91. The first-order valence-corrected chi connectivity index (χ1v) is 7.21. The van der Waals surface area contributed by atoms with Crippen LogP contribution in [-0.2, 0) is 19.5 Å². The van der Waals surface area contributed by atoms with E-state index in [1.165, 1.54) is 16.7 Å². The van der Waals surface area contributed by atoms with Crippen LogP contribution in [0, 0.1) is 0 Å². The summed E-state index contributed by atoms with van der Waals surface area (Å²) in [6, 6.07) is 14.5. The first kappa shape index (κ1) is 13.8. The number of hydrogen-bond acceptors (Lipinski definition) is 3. The molecule has 0 amide bonds. The highest BCUT2D eigenvalue weighted by Crippen LogP contribution is 2.27. The summed E-state index contributed by atoms with van der Waals surface area (Å²) in [5.74, 6) is 0.681. The van der Waals surface area contributed by atoms with Gasteiger partial charge in [0.25, 0.3) is 0 Å². The number of hydrogen-bond donors (Lipinski definition) is 0. The van der Waals surface area contributed by atoms with Gasteiger partial charge in [0.05, 0.1) is 12.7 Å². The summed E-state index contributed by atoms with van der Waals surface area (Å²) in [7, 11) is 1.61. The maximum absolute atomic E-state index is 11.2. The number of aldehydes is 1. The van der Waals surface area contributed by atoms with Crippen molar-refractivity contribution in [3.05, 3.63) is 64.7 Å². The van der Waals surface area contributed by atoms with E-state index in [1.54, 1.807) is 7.11 Å². The van der Waals surface area contributed by atoms with Crippen LogP contribution in [0.3, 0.4) is 0 Å². The third-order valence-corrected chi connectivity index (χ3v) is 4.02. The molecule has 0 aliphatic carbocycles. The fraction of sp³-hybridized carbons (Fsp3) is 0.278. The molecule has 1 aliphatic heterocycles. The SMILES string of the molecule is COc1cc2c(cc1C=O)CN(Cc1ccccc1)CC2. The van der Waals surface area contributed by atoms with Crippen molar-refractivity contribution in [1.82, 2.24) is 4.90 Å². The Morgan fingerprint density at radius 2 is 2.00 bits per heavy atom. The molecule has 3 rings (SSSR count). The Morgan fingerprint density at radius 1 is 1.19 bits per heavy atom. The van der Waals surface area contributed by atoms with Crippen molar-refractivity contribution in [2.24, 2.45) is 0 Å². The minimum Gasteiger partial charge on any atom is -0.496 e. The Bertz CT molecular complexity index is 637. The van der Waals surface area contributed by atoms with Gasteiger partial charge in [0, 0.05) is 19.6 Å².